The number of nitrogens with one attached hydrogen (secondary N) is 1. The van der Waals surface area contributed by atoms with Gasteiger partial charge in [-0.15, -0.1) is 0 Å². The minimum absolute atomic E-state index is 0.0350. The summed E-state index contributed by atoms with van der Waals surface area (Å²) >= 11 is 0. The third-order valence-corrected chi connectivity index (χ3v) is 2.95. The van der Waals surface area contributed by atoms with Crippen LogP contribution < -0.4 is 10.2 Å². The highest BCUT2D eigenvalue weighted by Crippen LogP contribution is 2.31. The molecule has 4 nitrogen and oxygen atoms in total. The molecule has 0 radical (unpaired) electrons. The van der Waals surface area contributed by atoms with Crippen molar-refractivity contribution in [2.45, 2.75) is 12.8 Å². The third kappa shape index (κ3) is 2.97. The summed E-state index contributed by atoms with van der Waals surface area (Å²) in [6.07, 6.45) is 3.18. The van der Waals surface area contributed by atoms with Crippen LogP contribution in [0.2, 0.25) is 0 Å². The molecule has 1 saturated carbocycles. The molecule has 1 N–H and O–H groups in total. The molecule has 0 spiro atoms. The Balaban J connectivity index is 1.83. The molecule has 1 aromatic carbocycles. The van der Waals surface area contributed by atoms with Crippen LogP contribution in [0.3, 0.4) is 0 Å². The summed E-state index contributed by atoms with van der Waals surface area (Å²) < 4.78 is 5.05. The molecular weight excluding hydrogens is 228 g/mol. The highest BCUT2D eigenvalue weighted by Gasteiger charge is 2.27. The number of benzene rings is 1. The van der Waals surface area contributed by atoms with E-state index >= 15 is 0 Å². The molecule has 0 unspecified atom stereocenters. The first kappa shape index (κ1) is 12.4. The predicted octanol–water partition coefficient (Wildman–Crippen LogP) is 2.11. The molecule has 0 aliphatic heterocycles. The fraction of sp³-hybridized carbons (Fsp3) is 0.286. The van der Waals surface area contributed by atoms with Gasteiger partial charge in [0.1, 0.15) is 5.75 Å². The smallest absolute Gasteiger partial charge is 0.243 e. The van der Waals surface area contributed by atoms with Crippen molar-refractivity contribution in [1.82, 2.24) is 5.43 Å². The summed E-state index contributed by atoms with van der Waals surface area (Å²) in [7, 11) is 1.62. The van der Waals surface area contributed by atoms with Crippen molar-refractivity contribution in [2.24, 2.45) is 11.0 Å². The summed E-state index contributed by atoms with van der Waals surface area (Å²) in [6.45, 7) is 3.81. The monoisotopic (exact) mass is 244 g/mol. The lowest BCUT2D eigenvalue weighted by Crippen LogP contribution is -2.32. The van der Waals surface area contributed by atoms with Gasteiger partial charge in [-0.1, -0.05) is 12.2 Å². The molecule has 2 rings (SSSR count). The number of carbonyl (C=O) groups is 1. The van der Waals surface area contributed by atoms with Crippen LogP contribution in [-0.4, -0.2) is 19.2 Å². The molecule has 0 bridgehead atoms. The largest absolute Gasteiger partial charge is 0.497 e. The van der Waals surface area contributed by atoms with Crippen LogP contribution in [0, 0.1) is 5.92 Å². The summed E-state index contributed by atoms with van der Waals surface area (Å²) in [6, 6.07) is 7.44. The normalized spacial score (nSPS) is 15.5. The van der Waals surface area contributed by atoms with Crippen molar-refractivity contribution in [3.63, 3.8) is 0 Å². The van der Waals surface area contributed by atoms with Crippen molar-refractivity contribution in [1.29, 1.82) is 0 Å². The van der Waals surface area contributed by atoms with E-state index in [1.807, 2.05) is 24.3 Å². The van der Waals surface area contributed by atoms with Gasteiger partial charge in [0.2, 0.25) is 5.91 Å². The summed E-state index contributed by atoms with van der Waals surface area (Å²) in [5.74, 6) is 0.807. The zero-order valence-electron chi connectivity index (χ0n) is 10.3. The van der Waals surface area contributed by atoms with Crippen molar-refractivity contribution in [3.05, 3.63) is 42.0 Å². The topological polar surface area (TPSA) is 50.7 Å². The third-order valence-electron chi connectivity index (χ3n) is 2.95. The zero-order chi connectivity index (χ0) is 13.0. The first-order valence-corrected chi connectivity index (χ1v) is 5.82. The molecule has 0 saturated heterocycles. The number of rotatable bonds is 4. The van der Waals surface area contributed by atoms with E-state index in [2.05, 4.69) is 17.1 Å². The van der Waals surface area contributed by atoms with Crippen LogP contribution in [0.1, 0.15) is 18.4 Å². The van der Waals surface area contributed by atoms with E-state index in [0.29, 0.717) is 0 Å². The van der Waals surface area contributed by atoms with Gasteiger partial charge < -0.3 is 4.74 Å². The second-order valence-corrected chi connectivity index (χ2v) is 4.36. The number of ether oxygens (including phenoxy) is 1. The Morgan fingerprint density at radius 1 is 1.44 bits per heavy atom. The molecule has 1 amide bonds. The number of carbonyl (C=O) groups excluding carboxylic acids is 1. The van der Waals surface area contributed by atoms with Gasteiger partial charge in [0, 0.05) is 5.92 Å². The second-order valence-electron chi connectivity index (χ2n) is 4.36. The number of methoxy groups -OCH3 is 1. The average Bonchev–Trinajstić information content (AvgIpc) is 2.35. The number of nitrogens with zero attached hydrogens (tertiary/aromatic N) is 1. The Hall–Kier alpha value is -2.10. The first-order chi connectivity index (χ1) is 8.69. The number of allylic oxidation sites excluding steroid dienone is 1. The second kappa shape index (κ2) is 5.49. The maximum absolute atomic E-state index is 11.6. The van der Waals surface area contributed by atoms with Gasteiger partial charge in [0.15, 0.2) is 0 Å². The molecular formula is C14H16N2O2. The van der Waals surface area contributed by atoms with E-state index in [4.69, 9.17) is 4.74 Å². The van der Waals surface area contributed by atoms with Gasteiger partial charge in [-0.2, -0.15) is 5.10 Å². The van der Waals surface area contributed by atoms with Gasteiger partial charge in [0.25, 0.3) is 0 Å². The van der Waals surface area contributed by atoms with E-state index in [9.17, 15) is 4.79 Å². The van der Waals surface area contributed by atoms with Crippen LogP contribution in [0.25, 0.3) is 0 Å². The molecule has 1 fully saturated rings. The van der Waals surface area contributed by atoms with Crippen LogP contribution in [0.4, 0.5) is 0 Å². The Morgan fingerprint density at radius 2 is 2.11 bits per heavy atom. The lowest BCUT2D eigenvalue weighted by atomic mass is 9.81. The van der Waals surface area contributed by atoms with Crippen LogP contribution in [0.15, 0.2) is 41.5 Å². The van der Waals surface area contributed by atoms with E-state index in [0.717, 1.165) is 29.7 Å². The molecule has 4 heteroatoms. The Bertz CT molecular complexity index is 469. The van der Waals surface area contributed by atoms with Gasteiger partial charge in [-0.3, -0.25) is 4.79 Å². The van der Waals surface area contributed by atoms with Crippen LogP contribution in [-0.2, 0) is 4.79 Å². The molecule has 18 heavy (non-hydrogen) atoms. The number of amides is 1. The zero-order valence-corrected chi connectivity index (χ0v) is 10.3. The van der Waals surface area contributed by atoms with E-state index < -0.39 is 0 Å². The highest BCUT2D eigenvalue weighted by molar-refractivity contribution is 5.84. The minimum Gasteiger partial charge on any atom is -0.497 e. The van der Waals surface area contributed by atoms with Gasteiger partial charge >= 0.3 is 0 Å². The molecule has 0 atom stereocenters. The predicted molar refractivity (Wildman–Crippen MR) is 70.6 cm³/mol. The maximum atomic E-state index is 11.6. The first-order valence-electron chi connectivity index (χ1n) is 5.82. The van der Waals surface area contributed by atoms with Gasteiger partial charge in [-0.25, -0.2) is 5.43 Å². The lowest BCUT2D eigenvalue weighted by molar-refractivity contribution is -0.126. The van der Waals surface area contributed by atoms with Crippen LogP contribution in [0.5, 0.6) is 5.75 Å². The number of hydrogen-bond donors (Lipinski definition) is 1. The summed E-state index contributed by atoms with van der Waals surface area (Å²) in [4.78, 5) is 11.6. The van der Waals surface area contributed by atoms with E-state index in [1.165, 1.54) is 0 Å². The summed E-state index contributed by atoms with van der Waals surface area (Å²) in [5.41, 5.74) is 4.59. The van der Waals surface area contributed by atoms with Crippen molar-refractivity contribution in [3.8, 4) is 5.75 Å². The van der Waals surface area contributed by atoms with Gasteiger partial charge in [0.05, 0.1) is 13.3 Å². The van der Waals surface area contributed by atoms with Crippen molar-refractivity contribution >= 4 is 12.1 Å². The van der Waals surface area contributed by atoms with Gasteiger partial charge in [-0.05, 0) is 42.7 Å². The number of hydrogen-bond acceptors (Lipinski definition) is 3. The summed E-state index contributed by atoms with van der Waals surface area (Å²) in [5, 5.41) is 3.93. The van der Waals surface area contributed by atoms with E-state index in [1.54, 1.807) is 13.3 Å². The maximum Gasteiger partial charge on any atom is 0.243 e. The highest BCUT2D eigenvalue weighted by atomic mass is 16.5. The molecule has 1 aromatic rings. The number of hydrazone groups is 1. The Labute approximate surface area is 106 Å². The average molecular weight is 244 g/mol. The standard InChI is InChI=1S/C14H16N2O2/c1-10-7-12(8-10)14(17)16-15-9-11-3-5-13(18-2)6-4-11/h3-6,9,12H,1,7-8H2,2H3,(H,16,17). The van der Waals surface area contributed by atoms with E-state index in [-0.39, 0.29) is 11.8 Å². The fourth-order valence-electron chi connectivity index (χ4n) is 1.77. The molecule has 0 aromatic heterocycles. The Kier molecular flexibility index (Phi) is 3.77. The van der Waals surface area contributed by atoms with Crippen LogP contribution >= 0.6 is 0 Å². The van der Waals surface area contributed by atoms with Crippen molar-refractivity contribution < 1.29 is 9.53 Å². The Morgan fingerprint density at radius 3 is 2.67 bits per heavy atom. The molecule has 0 heterocycles. The van der Waals surface area contributed by atoms with Crippen molar-refractivity contribution in [2.75, 3.05) is 7.11 Å². The molecule has 1 aliphatic carbocycles. The molecule has 94 valence electrons. The lowest BCUT2D eigenvalue weighted by Gasteiger charge is -2.25. The SMILES string of the molecule is C=C1CC(C(=O)NN=Cc2ccc(OC)cc2)C1. The fourth-order valence-corrected chi connectivity index (χ4v) is 1.77. The quantitative estimate of drug-likeness (QED) is 0.501. The molecule has 1 aliphatic rings. The minimum atomic E-state index is -0.0350.